The second kappa shape index (κ2) is 9.41. The van der Waals surface area contributed by atoms with Gasteiger partial charge in [-0.3, -0.25) is 14.3 Å². The normalized spacial score (nSPS) is 18.8. The summed E-state index contributed by atoms with van der Waals surface area (Å²) in [4.78, 5) is 28.1. The van der Waals surface area contributed by atoms with E-state index in [2.05, 4.69) is 10.0 Å². The number of thioether (sulfide) groups is 1. The van der Waals surface area contributed by atoms with E-state index in [9.17, 15) is 18.0 Å². The molecular weight excluding hydrogens is 450 g/mol. The molecule has 170 valence electrons. The maximum absolute atomic E-state index is 12.9. The topological polar surface area (TPSA) is 105 Å². The van der Waals surface area contributed by atoms with Crippen molar-refractivity contribution in [2.75, 3.05) is 30.2 Å². The van der Waals surface area contributed by atoms with Gasteiger partial charge in [0.05, 0.1) is 23.4 Å². The third kappa shape index (κ3) is 4.71. The minimum absolute atomic E-state index is 0.000325. The fraction of sp³-hybridized carbons (Fsp3) is 0.364. The highest BCUT2D eigenvalue weighted by molar-refractivity contribution is 8.01. The predicted octanol–water partition coefficient (Wildman–Crippen LogP) is 3.31. The van der Waals surface area contributed by atoms with Crippen molar-refractivity contribution in [3.05, 3.63) is 42.5 Å². The molecular formula is C22H25N3O5S2. The van der Waals surface area contributed by atoms with Crippen molar-refractivity contribution in [2.45, 2.75) is 40.7 Å². The van der Waals surface area contributed by atoms with Gasteiger partial charge < -0.3 is 15.0 Å². The summed E-state index contributed by atoms with van der Waals surface area (Å²) in [5, 5.41) is 1.85. The van der Waals surface area contributed by atoms with Gasteiger partial charge in [-0.05, 0) is 43.2 Å². The number of carbonyl (C=O) groups excluding carboxylic acids is 2. The number of ether oxygens (including phenoxy) is 1. The maximum atomic E-state index is 12.9. The predicted molar refractivity (Wildman–Crippen MR) is 124 cm³/mol. The highest BCUT2D eigenvalue weighted by Crippen LogP contribution is 2.38. The quantitative estimate of drug-likeness (QED) is 0.643. The minimum Gasteiger partial charge on any atom is -0.495 e. The van der Waals surface area contributed by atoms with Crippen molar-refractivity contribution in [1.29, 1.82) is 0 Å². The molecule has 0 spiro atoms. The van der Waals surface area contributed by atoms with Crippen molar-refractivity contribution in [1.82, 2.24) is 4.90 Å². The molecule has 32 heavy (non-hydrogen) atoms. The third-order valence-corrected chi connectivity index (χ3v) is 8.12. The summed E-state index contributed by atoms with van der Waals surface area (Å²) in [5.74, 6) is -0.216. The minimum atomic E-state index is -3.91. The molecule has 4 rings (SSSR count). The first kappa shape index (κ1) is 22.5. The van der Waals surface area contributed by atoms with Crippen LogP contribution in [-0.4, -0.2) is 50.6 Å². The largest absolute Gasteiger partial charge is 0.495 e. The van der Waals surface area contributed by atoms with E-state index < -0.39 is 21.2 Å². The van der Waals surface area contributed by atoms with Crippen LogP contribution >= 0.6 is 11.8 Å². The van der Waals surface area contributed by atoms with Crippen LogP contribution in [0.25, 0.3) is 0 Å². The van der Waals surface area contributed by atoms with E-state index in [0.717, 1.165) is 37.4 Å². The Kier molecular flexibility index (Phi) is 6.61. The number of methoxy groups -OCH3 is 1. The smallest absolute Gasteiger partial charge is 0.262 e. The average Bonchev–Trinajstić information content (AvgIpc) is 3.07. The zero-order valence-electron chi connectivity index (χ0n) is 17.7. The Morgan fingerprint density at radius 3 is 2.56 bits per heavy atom. The number of fused-ring (bicyclic) bond motifs is 1. The average molecular weight is 476 g/mol. The van der Waals surface area contributed by atoms with Gasteiger partial charge in [-0.25, -0.2) is 8.42 Å². The van der Waals surface area contributed by atoms with E-state index in [-0.39, 0.29) is 10.8 Å². The number of sulfonamides is 1. The van der Waals surface area contributed by atoms with Crippen LogP contribution in [0, 0.1) is 0 Å². The highest BCUT2D eigenvalue weighted by atomic mass is 32.2. The molecule has 2 aromatic rings. The number of nitrogens with zero attached hydrogens (tertiary/aromatic N) is 1. The van der Waals surface area contributed by atoms with Crippen LogP contribution in [0.3, 0.4) is 0 Å². The Balaban J connectivity index is 1.54. The van der Waals surface area contributed by atoms with Crippen LogP contribution in [0.1, 0.15) is 25.7 Å². The van der Waals surface area contributed by atoms with Crippen molar-refractivity contribution in [2.24, 2.45) is 0 Å². The molecule has 2 heterocycles. The Hall–Kier alpha value is -2.72. The molecule has 1 atom stereocenters. The van der Waals surface area contributed by atoms with Gasteiger partial charge in [0.25, 0.3) is 10.0 Å². The van der Waals surface area contributed by atoms with Gasteiger partial charge in [0.1, 0.15) is 5.75 Å². The van der Waals surface area contributed by atoms with Gasteiger partial charge in [0, 0.05) is 18.0 Å². The summed E-state index contributed by atoms with van der Waals surface area (Å²) in [5.41, 5.74) is 0.692. The molecule has 10 heteroatoms. The number of rotatable bonds is 5. The Morgan fingerprint density at radius 2 is 1.84 bits per heavy atom. The van der Waals surface area contributed by atoms with E-state index in [1.165, 1.54) is 19.2 Å². The van der Waals surface area contributed by atoms with Crippen molar-refractivity contribution < 1.29 is 22.7 Å². The SMILES string of the molecule is COc1ccccc1NS(=O)(=O)c1ccc2c(c1)NC(=O)C(C(=O)N1CCCCCC1)S2. The summed E-state index contributed by atoms with van der Waals surface area (Å²) in [6.07, 6.45) is 4.08. The summed E-state index contributed by atoms with van der Waals surface area (Å²) < 4.78 is 33.5. The zero-order chi connectivity index (χ0) is 22.7. The summed E-state index contributed by atoms with van der Waals surface area (Å²) in [6.45, 7) is 1.34. The lowest BCUT2D eigenvalue weighted by atomic mass is 10.2. The second-order valence-electron chi connectivity index (χ2n) is 7.69. The fourth-order valence-corrected chi connectivity index (χ4v) is 5.96. The Morgan fingerprint density at radius 1 is 1.12 bits per heavy atom. The molecule has 2 aromatic carbocycles. The molecule has 2 aliphatic rings. The monoisotopic (exact) mass is 475 g/mol. The first-order chi connectivity index (χ1) is 15.4. The molecule has 2 N–H and O–H groups in total. The van der Waals surface area contributed by atoms with Crippen LogP contribution in [0.4, 0.5) is 11.4 Å². The molecule has 0 bridgehead atoms. The summed E-state index contributed by atoms with van der Waals surface area (Å²) in [7, 11) is -2.45. The number of para-hydroxylation sites is 2. The number of likely N-dealkylation sites (tertiary alicyclic amines) is 1. The Labute approximate surface area is 191 Å². The van der Waals surface area contributed by atoms with Gasteiger partial charge in [-0.2, -0.15) is 0 Å². The third-order valence-electron chi connectivity index (χ3n) is 5.50. The number of hydrogen-bond donors (Lipinski definition) is 2. The number of carbonyl (C=O) groups is 2. The molecule has 1 fully saturated rings. The van der Waals surface area contributed by atoms with Gasteiger partial charge in [0.2, 0.25) is 11.8 Å². The zero-order valence-corrected chi connectivity index (χ0v) is 19.3. The second-order valence-corrected chi connectivity index (χ2v) is 10.5. The maximum Gasteiger partial charge on any atom is 0.262 e. The number of anilines is 2. The molecule has 1 unspecified atom stereocenters. The summed E-state index contributed by atoms with van der Waals surface area (Å²) >= 11 is 1.16. The standard InChI is InChI=1S/C22H25N3O5S2/c1-30-18-9-5-4-8-16(18)24-32(28,29)15-10-11-19-17(14-15)23-21(26)20(31-19)22(27)25-12-6-2-3-7-13-25/h4-5,8-11,14,20,24H,2-3,6-7,12-13H2,1H3,(H,23,26). The van der Waals surface area contributed by atoms with Crippen molar-refractivity contribution >= 4 is 45.0 Å². The molecule has 8 nitrogen and oxygen atoms in total. The van der Waals surface area contributed by atoms with E-state index >= 15 is 0 Å². The van der Waals surface area contributed by atoms with Gasteiger partial charge in [0.15, 0.2) is 5.25 Å². The van der Waals surface area contributed by atoms with E-state index in [1.807, 2.05) is 0 Å². The van der Waals surface area contributed by atoms with Crippen molar-refractivity contribution in [3.63, 3.8) is 0 Å². The van der Waals surface area contributed by atoms with Crippen LogP contribution in [0.15, 0.2) is 52.3 Å². The number of nitrogens with one attached hydrogen (secondary N) is 2. The molecule has 0 saturated carbocycles. The Bertz CT molecular complexity index is 1130. The lowest BCUT2D eigenvalue weighted by Crippen LogP contribution is -2.45. The number of benzene rings is 2. The first-order valence-electron chi connectivity index (χ1n) is 10.5. The lowest BCUT2D eigenvalue weighted by molar-refractivity contribution is -0.133. The molecule has 0 aromatic heterocycles. The molecule has 0 radical (unpaired) electrons. The molecule has 2 amide bonds. The first-order valence-corrected chi connectivity index (χ1v) is 12.8. The molecule has 0 aliphatic carbocycles. The lowest BCUT2D eigenvalue weighted by Gasteiger charge is -2.28. The van der Waals surface area contributed by atoms with Crippen LogP contribution in [0.5, 0.6) is 5.75 Å². The molecule has 1 saturated heterocycles. The highest BCUT2D eigenvalue weighted by Gasteiger charge is 2.36. The summed E-state index contributed by atoms with van der Waals surface area (Å²) in [6, 6.07) is 11.2. The van der Waals surface area contributed by atoms with E-state index in [1.54, 1.807) is 35.2 Å². The van der Waals surface area contributed by atoms with Gasteiger partial charge in [-0.15, -0.1) is 11.8 Å². The van der Waals surface area contributed by atoms with Crippen LogP contribution in [-0.2, 0) is 19.6 Å². The van der Waals surface area contributed by atoms with E-state index in [4.69, 9.17) is 4.74 Å². The van der Waals surface area contributed by atoms with Crippen LogP contribution in [0.2, 0.25) is 0 Å². The molecule has 2 aliphatic heterocycles. The van der Waals surface area contributed by atoms with Crippen molar-refractivity contribution in [3.8, 4) is 5.75 Å². The van der Waals surface area contributed by atoms with Gasteiger partial charge >= 0.3 is 0 Å². The van der Waals surface area contributed by atoms with Crippen LogP contribution < -0.4 is 14.8 Å². The fourth-order valence-electron chi connectivity index (χ4n) is 3.81. The number of amides is 2. The number of hydrogen-bond acceptors (Lipinski definition) is 6. The van der Waals surface area contributed by atoms with E-state index in [0.29, 0.717) is 35.1 Å². The van der Waals surface area contributed by atoms with Gasteiger partial charge in [-0.1, -0.05) is 25.0 Å².